The van der Waals surface area contributed by atoms with Crippen molar-refractivity contribution in [1.29, 1.82) is 0 Å². The van der Waals surface area contributed by atoms with Gasteiger partial charge in [-0.25, -0.2) is 4.57 Å². The second kappa shape index (κ2) is 8.21. The van der Waals surface area contributed by atoms with Gasteiger partial charge in [0, 0.05) is 23.0 Å². The van der Waals surface area contributed by atoms with E-state index in [0.29, 0.717) is 29.2 Å². The molecule has 0 aliphatic carbocycles. The van der Waals surface area contributed by atoms with E-state index < -0.39 is 0 Å². The third kappa shape index (κ3) is 3.58. The molecular weight excluding hydrogens is 362 g/mol. The fraction of sp³-hybridized carbons (Fsp3) is 0.333. The molecule has 1 saturated heterocycles. The minimum absolute atomic E-state index is 0.0643. The summed E-state index contributed by atoms with van der Waals surface area (Å²) in [6, 6.07) is 15.4. The second-order valence-electron chi connectivity index (χ2n) is 7.63. The van der Waals surface area contributed by atoms with Crippen LogP contribution in [0.3, 0.4) is 0 Å². The number of hydrogen-bond donors (Lipinski definition) is 1. The van der Waals surface area contributed by atoms with Crippen molar-refractivity contribution in [2.24, 2.45) is 4.99 Å². The molecule has 1 aromatic heterocycles. The molecule has 5 heteroatoms. The van der Waals surface area contributed by atoms with E-state index in [9.17, 15) is 9.90 Å². The van der Waals surface area contributed by atoms with E-state index in [1.54, 1.807) is 12.3 Å². The van der Waals surface area contributed by atoms with Crippen molar-refractivity contribution in [3.8, 4) is 11.6 Å². The number of benzene rings is 2. The van der Waals surface area contributed by atoms with E-state index in [1.807, 2.05) is 49.4 Å². The summed E-state index contributed by atoms with van der Waals surface area (Å²) < 4.78 is 1.40. The van der Waals surface area contributed by atoms with Gasteiger partial charge in [-0.1, -0.05) is 43.3 Å². The quantitative estimate of drug-likeness (QED) is 0.673. The Morgan fingerprint density at radius 3 is 2.62 bits per heavy atom. The molecule has 5 nitrogen and oxygen atoms in total. The molecule has 1 aliphatic rings. The Kier molecular flexibility index (Phi) is 5.49. The Balaban J connectivity index is 1.82. The number of para-hydroxylation sites is 1. The van der Waals surface area contributed by atoms with Crippen molar-refractivity contribution in [3.05, 3.63) is 70.0 Å². The molecule has 0 amide bonds. The van der Waals surface area contributed by atoms with Crippen LogP contribution in [0.1, 0.15) is 30.9 Å². The lowest BCUT2D eigenvalue weighted by Crippen LogP contribution is -2.31. The van der Waals surface area contributed by atoms with Crippen LogP contribution < -0.4 is 5.56 Å². The molecule has 2 aromatic carbocycles. The maximum absolute atomic E-state index is 13.2. The molecule has 4 rings (SSSR count). The summed E-state index contributed by atoms with van der Waals surface area (Å²) in [5.41, 5.74) is 1.97. The van der Waals surface area contributed by atoms with E-state index in [4.69, 9.17) is 0 Å². The van der Waals surface area contributed by atoms with Crippen LogP contribution in [0, 0.1) is 6.92 Å². The van der Waals surface area contributed by atoms with Crippen LogP contribution in [-0.4, -0.2) is 46.5 Å². The summed E-state index contributed by atoms with van der Waals surface area (Å²) in [4.78, 5) is 20.3. The van der Waals surface area contributed by atoms with Gasteiger partial charge in [0.15, 0.2) is 0 Å². The number of aromatic hydroxyl groups is 1. The maximum atomic E-state index is 13.2. The first kappa shape index (κ1) is 19.4. The van der Waals surface area contributed by atoms with E-state index in [2.05, 4.69) is 16.8 Å². The summed E-state index contributed by atoms with van der Waals surface area (Å²) >= 11 is 0. The molecule has 1 aliphatic heterocycles. The number of rotatable bonds is 5. The van der Waals surface area contributed by atoms with Crippen molar-refractivity contribution in [2.75, 3.05) is 19.6 Å². The molecule has 150 valence electrons. The predicted octanol–water partition coefficient (Wildman–Crippen LogP) is 3.91. The Labute approximate surface area is 170 Å². The lowest BCUT2D eigenvalue weighted by molar-refractivity contribution is 0.273. The fourth-order valence-electron chi connectivity index (χ4n) is 4.31. The van der Waals surface area contributed by atoms with Crippen molar-refractivity contribution >= 4 is 17.0 Å². The van der Waals surface area contributed by atoms with Crippen LogP contribution >= 0.6 is 0 Å². The number of aliphatic imine (C=N–C) groups is 1. The first-order valence-corrected chi connectivity index (χ1v) is 10.3. The van der Waals surface area contributed by atoms with Gasteiger partial charge in [0.25, 0.3) is 5.56 Å². The van der Waals surface area contributed by atoms with Crippen molar-refractivity contribution in [1.82, 2.24) is 9.47 Å². The minimum atomic E-state index is -0.225. The summed E-state index contributed by atoms with van der Waals surface area (Å²) in [6.07, 6.45) is 4.10. The molecule has 2 heterocycles. The predicted molar refractivity (Wildman–Crippen MR) is 119 cm³/mol. The Morgan fingerprint density at radius 2 is 1.86 bits per heavy atom. The third-order valence-corrected chi connectivity index (χ3v) is 5.90. The van der Waals surface area contributed by atoms with Gasteiger partial charge in [-0.15, -0.1) is 0 Å². The number of pyridine rings is 1. The zero-order chi connectivity index (χ0) is 20.4. The SMILES string of the molecule is CCN1CCCC1CN=Cc1c(O)n(-c2ccccc2C)c(=O)c2ccccc12. The number of hydrogen-bond acceptors (Lipinski definition) is 4. The van der Waals surface area contributed by atoms with Crippen LogP contribution in [0.5, 0.6) is 5.88 Å². The van der Waals surface area contributed by atoms with Crippen LogP contribution in [0.4, 0.5) is 0 Å². The van der Waals surface area contributed by atoms with E-state index >= 15 is 0 Å². The highest BCUT2D eigenvalue weighted by Crippen LogP contribution is 2.27. The van der Waals surface area contributed by atoms with Gasteiger partial charge in [0.1, 0.15) is 0 Å². The zero-order valence-corrected chi connectivity index (χ0v) is 17.0. The molecule has 1 unspecified atom stereocenters. The summed E-state index contributed by atoms with van der Waals surface area (Å²) in [7, 11) is 0. The number of fused-ring (bicyclic) bond motifs is 1. The minimum Gasteiger partial charge on any atom is -0.494 e. The number of aryl methyl sites for hydroxylation is 1. The van der Waals surface area contributed by atoms with Crippen molar-refractivity contribution in [2.45, 2.75) is 32.7 Å². The van der Waals surface area contributed by atoms with Crippen molar-refractivity contribution < 1.29 is 5.11 Å². The number of aromatic nitrogens is 1. The van der Waals surface area contributed by atoms with Gasteiger partial charge in [0.05, 0.1) is 17.8 Å². The van der Waals surface area contributed by atoms with Gasteiger partial charge in [-0.05, 0) is 50.6 Å². The summed E-state index contributed by atoms with van der Waals surface area (Å²) in [5, 5.41) is 12.4. The van der Waals surface area contributed by atoms with Crippen LogP contribution in [-0.2, 0) is 0 Å². The van der Waals surface area contributed by atoms with Gasteiger partial charge in [0.2, 0.25) is 5.88 Å². The fourth-order valence-corrected chi connectivity index (χ4v) is 4.31. The normalized spacial score (nSPS) is 17.5. The molecule has 1 fully saturated rings. The van der Waals surface area contributed by atoms with E-state index in [-0.39, 0.29) is 11.4 Å². The molecule has 0 bridgehead atoms. The largest absolute Gasteiger partial charge is 0.494 e. The average molecular weight is 389 g/mol. The van der Waals surface area contributed by atoms with Crippen LogP contribution in [0.2, 0.25) is 0 Å². The van der Waals surface area contributed by atoms with Gasteiger partial charge >= 0.3 is 0 Å². The second-order valence-corrected chi connectivity index (χ2v) is 7.63. The van der Waals surface area contributed by atoms with Gasteiger partial charge in [-0.3, -0.25) is 14.7 Å². The van der Waals surface area contributed by atoms with Gasteiger partial charge < -0.3 is 5.11 Å². The Morgan fingerprint density at radius 1 is 1.14 bits per heavy atom. The molecule has 0 spiro atoms. The topological polar surface area (TPSA) is 57.8 Å². The van der Waals surface area contributed by atoms with E-state index in [0.717, 1.165) is 30.5 Å². The molecule has 0 saturated carbocycles. The van der Waals surface area contributed by atoms with Crippen LogP contribution in [0.25, 0.3) is 16.5 Å². The highest BCUT2D eigenvalue weighted by molar-refractivity contribution is 6.01. The lowest BCUT2D eigenvalue weighted by atomic mass is 10.1. The average Bonchev–Trinajstić information content (AvgIpc) is 3.19. The molecule has 1 atom stereocenters. The Hall–Kier alpha value is -2.92. The number of nitrogens with zero attached hydrogens (tertiary/aromatic N) is 3. The summed E-state index contributed by atoms with van der Waals surface area (Å²) in [5.74, 6) is -0.0643. The Bertz CT molecular complexity index is 1120. The smallest absolute Gasteiger partial charge is 0.265 e. The lowest BCUT2D eigenvalue weighted by Gasteiger charge is -2.20. The number of likely N-dealkylation sites (N-methyl/N-ethyl adjacent to an activating group) is 1. The van der Waals surface area contributed by atoms with Crippen LogP contribution in [0.15, 0.2) is 58.3 Å². The van der Waals surface area contributed by atoms with Gasteiger partial charge in [-0.2, -0.15) is 0 Å². The molecule has 0 radical (unpaired) electrons. The highest BCUT2D eigenvalue weighted by atomic mass is 16.3. The maximum Gasteiger partial charge on any atom is 0.265 e. The molecular formula is C24H27N3O2. The first-order valence-electron chi connectivity index (χ1n) is 10.3. The van der Waals surface area contributed by atoms with Crippen molar-refractivity contribution in [3.63, 3.8) is 0 Å². The molecule has 1 N–H and O–H groups in total. The first-order chi connectivity index (χ1) is 14.1. The molecule has 29 heavy (non-hydrogen) atoms. The zero-order valence-electron chi connectivity index (χ0n) is 17.0. The third-order valence-electron chi connectivity index (χ3n) is 5.90. The molecule has 3 aromatic rings. The van der Waals surface area contributed by atoms with E-state index in [1.165, 1.54) is 11.0 Å². The number of likely N-dealkylation sites (tertiary alicyclic amines) is 1. The summed E-state index contributed by atoms with van der Waals surface area (Å²) in [6.45, 7) is 6.98. The standard InChI is InChI=1S/C24H27N3O2/c1-3-26-14-8-10-18(26)15-25-16-21-19-11-5-6-12-20(19)23(28)27(24(21)29)22-13-7-4-9-17(22)2/h4-7,9,11-13,16,18,29H,3,8,10,14-15H2,1-2H3. The highest BCUT2D eigenvalue weighted by Gasteiger charge is 2.22. The monoisotopic (exact) mass is 389 g/mol.